The summed E-state index contributed by atoms with van der Waals surface area (Å²) in [5.74, 6) is 1.63. The molecule has 0 radical (unpaired) electrons. The molecule has 1 aliphatic carbocycles. The van der Waals surface area contributed by atoms with Crippen LogP contribution in [0.2, 0.25) is 0 Å². The van der Waals surface area contributed by atoms with Gasteiger partial charge in [-0.25, -0.2) is 0 Å². The summed E-state index contributed by atoms with van der Waals surface area (Å²) in [4.78, 5) is 2.48. The molecule has 0 bridgehead atoms. The first kappa shape index (κ1) is 12.0. The highest BCUT2D eigenvalue weighted by atomic mass is 15.2. The maximum absolute atomic E-state index is 5.92. The van der Waals surface area contributed by atoms with E-state index in [0.717, 1.165) is 18.4 Å². The van der Waals surface area contributed by atoms with Gasteiger partial charge in [0.15, 0.2) is 0 Å². The van der Waals surface area contributed by atoms with Crippen LogP contribution in [-0.2, 0) is 0 Å². The Morgan fingerprint density at radius 2 is 2.07 bits per heavy atom. The van der Waals surface area contributed by atoms with E-state index in [4.69, 9.17) is 5.73 Å². The minimum absolute atomic E-state index is 0.253. The number of rotatable bonds is 6. The van der Waals surface area contributed by atoms with E-state index in [1.165, 1.54) is 25.8 Å². The molecule has 1 saturated carbocycles. The molecule has 2 unspecified atom stereocenters. The molecule has 2 heteroatoms. The Labute approximate surface area is 88.8 Å². The van der Waals surface area contributed by atoms with E-state index in [1.54, 1.807) is 0 Å². The second kappa shape index (κ2) is 4.63. The summed E-state index contributed by atoms with van der Waals surface area (Å²) in [5, 5.41) is 0. The zero-order valence-corrected chi connectivity index (χ0v) is 10.2. The molecule has 2 nitrogen and oxygen atoms in total. The van der Waals surface area contributed by atoms with Gasteiger partial charge in [-0.05, 0) is 38.6 Å². The third-order valence-electron chi connectivity index (χ3n) is 4.02. The van der Waals surface area contributed by atoms with Gasteiger partial charge in [0.2, 0.25) is 0 Å². The zero-order valence-electron chi connectivity index (χ0n) is 10.2. The molecular formula is C12H26N2. The van der Waals surface area contributed by atoms with E-state index in [-0.39, 0.29) is 5.54 Å². The lowest BCUT2D eigenvalue weighted by Gasteiger charge is -2.39. The monoisotopic (exact) mass is 198 g/mol. The average Bonchev–Trinajstić information content (AvgIpc) is 2.99. The van der Waals surface area contributed by atoms with E-state index in [9.17, 15) is 0 Å². The highest BCUT2D eigenvalue weighted by Gasteiger charge is 2.43. The minimum atomic E-state index is 0.253. The lowest BCUT2D eigenvalue weighted by Crippen LogP contribution is -2.52. The van der Waals surface area contributed by atoms with Gasteiger partial charge in [0.1, 0.15) is 0 Å². The largest absolute Gasteiger partial charge is 0.329 e. The SMILES string of the molecule is CCC(C)CN(C)C(C)(CN)C1CC1. The lowest BCUT2D eigenvalue weighted by molar-refractivity contribution is 0.103. The van der Waals surface area contributed by atoms with E-state index >= 15 is 0 Å². The van der Waals surface area contributed by atoms with Crippen LogP contribution in [0.4, 0.5) is 0 Å². The van der Waals surface area contributed by atoms with Gasteiger partial charge in [0.05, 0.1) is 0 Å². The second-order valence-electron chi connectivity index (χ2n) is 5.23. The predicted molar refractivity (Wildman–Crippen MR) is 62.3 cm³/mol. The summed E-state index contributed by atoms with van der Waals surface area (Å²) < 4.78 is 0. The molecular weight excluding hydrogens is 172 g/mol. The summed E-state index contributed by atoms with van der Waals surface area (Å²) in [7, 11) is 2.23. The Kier molecular flexibility index (Phi) is 3.96. The molecule has 2 N–H and O–H groups in total. The van der Waals surface area contributed by atoms with E-state index in [1.807, 2.05) is 0 Å². The molecule has 1 aliphatic rings. The van der Waals surface area contributed by atoms with Crippen LogP contribution >= 0.6 is 0 Å². The normalized spacial score (nSPS) is 23.6. The third kappa shape index (κ3) is 2.48. The van der Waals surface area contributed by atoms with Crippen molar-refractivity contribution >= 4 is 0 Å². The van der Waals surface area contributed by atoms with Gasteiger partial charge < -0.3 is 5.73 Å². The van der Waals surface area contributed by atoms with Crippen molar-refractivity contribution < 1.29 is 0 Å². The predicted octanol–water partition coefficient (Wildman–Crippen LogP) is 2.09. The van der Waals surface area contributed by atoms with Crippen LogP contribution in [-0.4, -0.2) is 30.6 Å². The molecule has 0 aromatic carbocycles. The Balaban J connectivity index is 2.50. The molecule has 0 heterocycles. The van der Waals surface area contributed by atoms with Gasteiger partial charge in [0, 0.05) is 18.6 Å². The number of likely N-dealkylation sites (N-methyl/N-ethyl adjacent to an activating group) is 1. The highest BCUT2D eigenvalue weighted by molar-refractivity contribution is 4.99. The molecule has 1 rings (SSSR count). The molecule has 2 atom stereocenters. The van der Waals surface area contributed by atoms with Crippen LogP contribution in [0.3, 0.4) is 0 Å². The third-order valence-corrected chi connectivity index (χ3v) is 4.02. The van der Waals surface area contributed by atoms with Gasteiger partial charge >= 0.3 is 0 Å². The fraction of sp³-hybridized carbons (Fsp3) is 1.00. The molecule has 0 spiro atoms. The smallest absolute Gasteiger partial charge is 0.0328 e. The summed E-state index contributed by atoms with van der Waals surface area (Å²) in [5.41, 5.74) is 6.18. The molecule has 14 heavy (non-hydrogen) atoms. The standard InChI is InChI=1S/C12H26N2/c1-5-10(2)8-14(4)12(3,9-13)11-6-7-11/h10-11H,5-9,13H2,1-4H3. The maximum atomic E-state index is 5.92. The fourth-order valence-electron chi connectivity index (χ4n) is 2.14. The minimum Gasteiger partial charge on any atom is -0.329 e. The Hall–Kier alpha value is -0.0800. The number of hydrogen-bond acceptors (Lipinski definition) is 2. The van der Waals surface area contributed by atoms with Crippen molar-refractivity contribution in [3.8, 4) is 0 Å². The molecule has 84 valence electrons. The number of nitrogens with zero attached hydrogens (tertiary/aromatic N) is 1. The van der Waals surface area contributed by atoms with Crippen LogP contribution in [0.15, 0.2) is 0 Å². The maximum Gasteiger partial charge on any atom is 0.0328 e. The first-order chi connectivity index (χ1) is 6.54. The highest BCUT2D eigenvalue weighted by Crippen LogP contribution is 2.42. The Morgan fingerprint density at radius 1 is 1.50 bits per heavy atom. The molecule has 0 amide bonds. The summed E-state index contributed by atoms with van der Waals surface area (Å²) >= 11 is 0. The van der Waals surface area contributed by atoms with E-state index in [2.05, 4.69) is 32.7 Å². The first-order valence-electron chi connectivity index (χ1n) is 5.95. The van der Waals surface area contributed by atoms with Crippen molar-refractivity contribution in [2.24, 2.45) is 17.6 Å². The van der Waals surface area contributed by atoms with Crippen molar-refractivity contribution in [3.05, 3.63) is 0 Å². The molecule has 1 fully saturated rings. The summed E-state index contributed by atoms with van der Waals surface area (Å²) in [6.07, 6.45) is 4.01. The topological polar surface area (TPSA) is 29.3 Å². The van der Waals surface area contributed by atoms with Crippen molar-refractivity contribution in [2.45, 2.75) is 45.6 Å². The van der Waals surface area contributed by atoms with Crippen LogP contribution in [0, 0.1) is 11.8 Å². The molecule has 0 aromatic rings. The Morgan fingerprint density at radius 3 is 2.43 bits per heavy atom. The zero-order chi connectivity index (χ0) is 10.8. The van der Waals surface area contributed by atoms with Crippen LogP contribution in [0.5, 0.6) is 0 Å². The second-order valence-corrected chi connectivity index (χ2v) is 5.23. The van der Waals surface area contributed by atoms with Crippen molar-refractivity contribution in [1.82, 2.24) is 4.90 Å². The van der Waals surface area contributed by atoms with Gasteiger partial charge in [-0.3, -0.25) is 4.90 Å². The number of nitrogens with two attached hydrogens (primary N) is 1. The van der Waals surface area contributed by atoms with Crippen LogP contribution in [0.1, 0.15) is 40.0 Å². The van der Waals surface area contributed by atoms with Gasteiger partial charge in [-0.1, -0.05) is 20.3 Å². The summed E-state index contributed by atoms with van der Waals surface area (Å²) in [6, 6.07) is 0. The van der Waals surface area contributed by atoms with Gasteiger partial charge in [-0.2, -0.15) is 0 Å². The fourth-order valence-corrected chi connectivity index (χ4v) is 2.14. The quantitative estimate of drug-likeness (QED) is 0.708. The molecule has 0 saturated heterocycles. The van der Waals surface area contributed by atoms with E-state index in [0.29, 0.717) is 0 Å². The lowest BCUT2D eigenvalue weighted by atomic mass is 9.92. The van der Waals surface area contributed by atoms with Gasteiger partial charge in [-0.15, -0.1) is 0 Å². The first-order valence-corrected chi connectivity index (χ1v) is 5.95. The van der Waals surface area contributed by atoms with Crippen molar-refractivity contribution in [1.29, 1.82) is 0 Å². The van der Waals surface area contributed by atoms with Crippen molar-refractivity contribution in [2.75, 3.05) is 20.1 Å². The van der Waals surface area contributed by atoms with Gasteiger partial charge in [0.25, 0.3) is 0 Å². The molecule has 0 aromatic heterocycles. The summed E-state index contributed by atoms with van der Waals surface area (Å²) in [6.45, 7) is 8.88. The van der Waals surface area contributed by atoms with Crippen LogP contribution < -0.4 is 5.73 Å². The molecule has 0 aliphatic heterocycles. The van der Waals surface area contributed by atoms with Crippen molar-refractivity contribution in [3.63, 3.8) is 0 Å². The van der Waals surface area contributed by atoms with Crippen LogP contribution in [0.25, 0.3) is 0 Å². The Bertz CT molecular complexity index is 177. The van der Waals surface area contributed by atoms with E-state index < -0.39 is 0 Å². The average molecular weight is 198 g/mol. The number of hydrogen-bond donors (Lipinski definition) is 1.